The first-order valence-corrected chi connectivity index (χ1v) is 8.34. The fourth-order valence-electron chi connectivity index (χ4n) is 3.44. The lowest BCUT2D eigenvalue weighted by Gasteiger charge is -2.13. The highest BCUT2D eigenvalue weighted by Gasteiger charge is 2.23. The summed E-state index contributed by atoms with van der Waals surface area (Å²) in [6.07, 6.45) is 0. The lowest BCUT2D eigenvalue weighted by atomic mass is 10.00. The quantitative estimate of drug-likeness (QED) is 0.737. The summed E-state index contributed by atoms with van der Waals surface area (Å²) in [7, 11) is 1.64. The van der Waals surface area contributed by atoms with Crippen molar-refractivity contribution < 1.29 is 14.6 Å². The number of ether oxygens (including phenoxy) is 1. The number of phenols is 1. The number of aromatic nitrogens is 1. The monoisotopic (exact) mass is 350 g/mol. The first kappa shape index (κ1) is 17.6. The van der Waals surface area contributed by atoms with Gasteiger partial charge in [-0.25, -0.2) is 0 Å². The van der Waals surface area contributed by atoms with Gasteiger partial charge >= 0.3 is 0 Å². The Balaban J connectivity index is 2.19. The van der Waals surface area contributed by atoms with Crippen molar-refractivity contribution in [3.8, 4) is 22.6 Å². The number of amides is 1. The molecule has 1 aromatic heterocycles. The Bertz CT molecular complexity index is 973. The van der Waals surface area contributed by atoms with Crippen molar-refractivity contribution in [3.63, 3.8) is 0 Å². The molecule has 5 heteroatoms. The van der Waals surface area contributed by atoms with Gasteiger partial charge in [0.2, 0.25) is 0 Å². The molecule has 1 amide bonds. The molecule has 0 atom stereocenters. The van der Waals surface area contributed by atoms with E-state index < -0.39 is 5.91 Å². The van der Waals surface area contributed by atoms with E-state index >= 15 is 0 Å². The highest BCUT2D eigenvalue weighted by molar-refractivity contribution is 6.02. The molecule has 3 N–H and O–H groups in total. The second kappa shape index (κ2) is 6.96. The van der Waals surface area contributed by atoms with Crippen LogP contribution in [0.2, 0.25) is 0 Å². The zero-order valence-electron chi connectivity index (χ0n) is 15.1. The largest absolute Gasteiger partial charge is 0.508 e. The molecule has 26 heavy (non-hydrogen) atoms. The van der Waals surface area contributed by atoms with Gasteiger partial charge in [-0.2, -0.15) is 0 Å². The van der Waals surface area contributed by atoms with Crippen LogP contribution in [0.5, 0.6) is 11.5 Å². The fourth-order valence-corrected chi connectivity index (χ4v) is 3.44. The van der Waals surface area contributed by atoms with Gasteiger partial charge in [-0.15, -0.1) is 0 Å². The number of primary amides is 1. The number of methoxy groups -OCH3 is 1. The maximum Gasteiger partial charge on any atom is 0.251 e. The number of aromatic hydroxyl groups is 1. The number of carbonyl (C=O) groups is 1. The van der Waals surface area contributed by atoms with E-state index in [4.69, 9.17) is 10.5 Å². The maximum atomic E-state index is 12.2. The number of phenolic OH excluding ortho intramolecular Hbond substituents is 1. The predicted octanol–water partition coefficient (Wildman–Crippen LogP) is 3.63. The average Bonchev–Trinajstić information content (AvgIpc) is 2.87. The van der Waals surface area contributed by atoms with E-state index in [0.717, 1.165) is 33.8 Å². The molecule has 0 spiro atoms. The lowest BCUT2D eigenvalue weighted by Crippen LogP contribution is -2.13. The van der Waals surface area contributed by atoms with Crippen molar-refractivity contribution in [1.29, 1.82) is 0 Å². The predicted molar refractivity (Wildman–Crippen MR) is 102 cm³/mol. The van der Waals surface area contributed by atoms with Crippen LogP contribution in [0.15, 0.2) is 48.5 Å². The van der Waals surface area contributed by atoms with Gasteiger partial charge in [0, 0.05) is 22.5 Å². The molecule has 0 bridgehead atoms. The van der Waals surface area contributed by atoms with E-state index in [-0.39, 0.29) is 5.75 Å². The number of hydrogen-bond acceptors (Lipinski definition) is 3. The van der Waals surface area contributed by atoms with Crippen molar-refractivity contribution in [2.75, 3.05) is 7.11 Å². The van der Waals surface area contributed by atoms with Gasteiger partial charge in [0.15, 0.2) is 0 Å². The molecular formula is C21H22N2O3. The number of carbonyl (C=O) groups excluding carboxylic acids is 1. The van der Waals surface area contributed by atoms with E-state index in [1.807, 2.05) is 44.2 Å². The topological polar surface area (TPSA) is 77.5 Å². The van der Waals surface area contributed by atoms with Crippen molar-refractivity contribution in [2.24, 2.45) is 5.73 Å². The minimum atomic E-state index is -0.484. The summed E-state index contributed by atoms with van der Waals surface area (Å²) in [5.74, 6) is 0.453. The molecule has 3 aromatic rings. The number of benzene rings is 2. The van der Waals surface area contributed by atoms with Crippen LogP contribution in [0.4, 0.5) is 0 Å². The van der Waals surface area contributed by atoms with Gasteiger partial charge in [-0.1, -0.05) is 30.3 Å². The third-order valence-electron chi connectivity index (χ3n) is 4.69. The van der Waals surface area contributed by atoms with Crippen molar-refractivity contribution >= 4 is 5.91 Å². The van der Waals surface area contributed by atoms with E-state index in [1.54, 1.807) is 25.3 Å². The first-order chi connectivity index (χ1) is 12.4. The Kier molecular flexibility index (Phi) is 4.71. The molecule has 1 heterocycles. The molecule has 0 unspecified atom stereocenters. The number of para-hydroxylation sites is 1. The number of nitrogens with zero attached hydrogens (tertiary/aromatic N) is 1. The highest BCUT2D eigenvalue weighted by atomic mass is 16.5. The summed E-state index contributed by atoms with van der Waals surface area (Å²) >= 11 is 0. The van der Waals surface area contributed by atoms with E-state index in [2.05, 4.69) is 4.57 Å². The van der Waals surface area contributed by atoms with Crippen LogP contribution in [0.3, 0.4) is 0 Å². The summed E-state index contributed by atoms with van der Waals surface area (Å²) in [6, 6.07) is 14.6. The third-order valence-corrected chi connectivity index (χ3v) is 4.69. The standard InChI is InChI=1S/C21H22N2O3/c1-13-19(15-8-6-9-17(24)11-15)20(21(22)25)14(2)23(13)12-16-7-4-5-10-18(16)26-3/h4-11,24H,12H2,1-3H3,(H2,22,25). The maximum absolute atomic E-state index is 12.2. The Morgan fingerprint density at radius 2 is 1.85 bits per heavy atom. The minimum absolute atomic E-state index is 0.146. The smallest absolute Gasteiger partial charge is 0.251 e. The number of nitrogens with two attached hydrogens (primary N) is 1. The molecule has 0 fully saturated rings. The van der Waals surface area contributed by atoms with Crippen LogP contribution in [0.1, 0.15) is 27.3 Å². The van der Waals surface area contributed by atoms with Gasteiger partial charge < -0.3 is 20.1 Å². The molecule has 5 nitrogen and oxygen atoms in total. The van der Waals surface area contributed by atoms with Gasteiger partial charge in [-0.05, 0) is 37.6 Å². The van der Waals surface area contributed by atoms with Crippen LogP contribution in [0.25, 0.3) is 11.1 Å². The van der Waals surface area contributed by atoms with Crippen molar-refractivity contribution in [1.82, 2.24) is 4.57 Å². The Hall–Kier alpha value is -3.21. The Morgan fingerprint density at radius 3 is 2.50 bits per heavy atom. The van der Waals surface area contributed by atoms with Gasteiger partial charge in [0.05, 0.1) is 19.2 Å². The second-order valence-corrected chi connectivity index (χ2v) is 6.23. The van der Waals surface area contributed by atoms with E-state index in [1.165, 1.54) is 0 Å². The summed E-state index contributed by atoms with van der Waals surface area (Å²) in [4.78, 5) is 12.2. The third kappa shape index (κ3) is 3.04. The summed E-state index contributed by atoms with van der Waals surface area (Å²) in [5, 5.41) is 9.83. The molecule has 0 radical (unpaired) electrons. The van der Waals surface area contributed by atoms with Crippen molar-refractivity contribution in [3.05, 3.63) is 71.0 Å². The van der Waals surface area contributed by atoms with E-state index in [9.17, 15) is 9.90 Å². The fraction of sp³-hybridized carbons (Fsp3) is 0.190. The SMILES string of the molecule is COc1ccccc1Cn1c(C)c(C(N)=O)c(-c2cccc(O)c2)c1C. The minimum Gasteiger partial charge on any atom is -0.508 e. The molecule has 2 aromatic carbocycles. The summed E-state index contributed by atoms with van der Waals surface area (Å²) < 4.78 is 7.50. The molecule has 0 saturated carbocycles. The average molecular weight is 350 g/mol. The molecular weight excluding hydrogens is 328 g/mol. The van der Waals surface area contributed by atoms with Gasteiger partial charge in [0.25, 0.3) is 5.91 Å². The van der Waals surface area contributed by atoms with Crippen molar-refractivity contribution in [2.45, 2.75) is 20.4 Å². The molecule has 0 aliphatic rings. The van der Waals surface area contributed by atoms with Crippen LogP contribution in [-0.2, 0) is 6.54 Å². The molecule has 0 saturated heterocycles. The second-order valence-electron chi connectivity index (χ2n) is 6.23. The van der Waals surface area contributed by atoms with Gasteiger partial charge in [0.1, 0.15) is 11.5 Å². The van der Waals surface area contributed by atoms with Crippen LogP contribution in [0, 0.1) is 13.8 Å². The Morgan fingerprint density at radius 1 is 1.12 bits per heavy atom. The van der Waals surface area contributed by atoms with Crippen LogP contribution < -0.4 is 10.5 Å². The highest BCUT2D eigenvalue weighted by Crippen LogP contribution is 2.34. The molecule has 0 aliphatic heterocycles. The van der Waals surface area contributed by atoms with Crippen LogP contribution >= 0.6 is 0 Å². The molecule has 3 rings (SSSR count). The summed E-state index contributed by atoms with van der Waals surface area (Å²) in [6.45, 7) is 4.39. The molecule has 0 aliphatic carbocycles. The van der Waals surface area contributed by atoms with Gasteiger partial charge in [-0.3, -0.25) is 4.79 Å². The number of rotatable bonds is 5. The summed E-state index contributed by atoms with van der Waals surface area (Å²) in [5.41, 5.74) is 10.4. The number of hydrogen-bond donors (Lipinski definition) is 2. The van der Waals surface area contributed by atoms with Crippen LogP contribution in [-0.4, -0.2) is 22.7 Å². The van der Waals surface area contributed by atoms with E-state index in [0.29, 0.717) is 12.1 Å². The normalized spacial score (nSPS) is 10.7. The zero-order chi connectivity index (χ0) is 18.8. The first-order valence-electron chi connectivity index (χ1n) is 8.34. The molecule has 134 valence electrons. The lowest BCUT2D eigenvalue weighted by molar-refractivity contribution is 0.1000. The Labute approximate surface area is 152 Å². The zero-order valence-corrected chi connectivity index (χ0v) is 15.1.